The molecule has 0 N–H and O–H groups in total. The third-order valence-corrected chi connectivity index (χ3v) is 5.25. The third-order valence-electron chi connectivity index (χ3n) is 5.25. The molecule has 1 aliphatic heterocycles. The molecule has 1 fully saturated rings. The topological polar surface area (TPSA) is 3.24 Å². The number of nitrogens with zero attached hydrogens (tertiary/aromatic N) is 1. The molecule has 26 heavy (non-hydrogen) atoms. The lowest BCUT2D eigenvalue weighted by Crippen LogP contribution is -2.30. The Labute approximate surface area is 157 Å². The first-order valence-electron chi connectivity index (χ1n) is 10.0. The molecule has 1 aliphatic rings. The summed E-state index contributed by atoms with van der Waals surface area (Å²) in [7, 11) is 0. The second-order valence-corrected chi connectivity index (χ2v) is 7.27. The summed E-state index contributed by atoms with van der Waals surface area (Å²) in [5.41, 5.74) is 3.91. The summed E-state index contributed by atoms with van der Waals surface area (Å²) in [4.78, 5) is 2.58. The summed E-state index contributed by atoms with van der Waals surface area (Å²) < 4.78 is 13.3. The van der Waals surface area contributed by atoms with Gasteiger partial charge in [-0.25, -0.2) is 4.39 Å². The van der Waals surface area contributed by atoms with E-state index in [-0.39, 0.29) is 5.82 Å². The Kier molecular flexibility index (Phi) is 7.45. The van der Waals surface area contributed by atoms with E-state index in [0.29, 0.717) is 0 Å². The zero-order chi connectivity index (χ0) is 18.0. The van der Waals surface area contributed by atoms with E-state index in [1.165, 1.54) is 43.5 Å². The molecule has 0 aromatic heterocycles. The molecule has 0 atom stereocenters. The number of allylic oxidation sites excluding steroid dienone is 1. The number of piperidine rings is 1. The molecule has 0 bridgehead atoms. The summed E-state index contributed by atoms with van der Waals surface area (Å²) in [6.07, 6.45) is 10.8. The predicted octanol–water partition coefficient (Wildman–Crippen LogP) is 6.11. The van der Waals surface area contributed by atoms with Gasteiger partial charge in [-0.3, -0.25) is 0 Å². The van der Waals surface area contributed by atoms with Crippen molar-refractivity contribution >= 4 is 5.57 Å². The van der Waals surface area contributed by atoms with Gasteiger partial charge in [0.15, 0.2) is 0 Å². The molecule has 1 heterocycles. The molecule has 2 heteroatoms. The quantitative estimate of drug-likeness (QED) is 0.555. The first-order chi connectivity index (χ1) is 12.8. The maximum absolute atomic E-state index is 13.3. The van der Waals surface area contributed by atoms with Gasteiger partial charge >= 0.3 is 0 Å². The van der Waals surface area contributed by atoms with Crippen LogP contribution in [0.15, 0.2) is 60.7 Å². The number of rotatable bonds is 8. The fourth-order valence-electron chi connectivity index (χ4n) is 3.76. The van der Waals surface area contributed by atoms with Crippen LogP contribution >= 0.6 is 0 Å². The highest BCUT2D eigenvalue weighted by atomic mass is 19.1. The number of hydrogen-bond donors (Lipinski definition) is 0. The lowest BCUT2D eigenvalue weighted by atomic mass is 9.97. The van der Waals surface area contributed by atoms with Gasteiger partial charge in [0.1, 0.15) is 5.82 Å². The summed E-state index contributed by atoms with van der Waals surface area (Å²) in [5, 5.41) is 0. The van der Waals surface area contributed by atoms with Crippen molar-refractivity contribution in [3.63, 3.8) is 0 Å². The van der Waals surface area contributed by atoms with E-state index in [2.05, 4.69) is 41.3 Å². The zero-order valence-corrected chi connectivity index (χ0v) is 15.7. The van der Waals surface area contributed by atoms with E-state index in [1.807, 2.05) is 12.1 Å². The van der Waals surface area contributed by atoms with Gasteiger partial charge in [0.25, 0.3) is 0 Å². The van der Waals surface area contributed by atoms with E-state index in [9.17, 15) is 4.39 Å². The van der Waals surface area contributed by atoms with Crippen LogP contribution in [0.25, 0.3) is 5.57 Å². The second kappa shape index (κ2) is 10.3. The van der Waals surface area contributed by atoms with Gasteiger partial charge in [0.2, 0.25) is 0 Å². The van der Waals surface area contributed by atoms with Crippen molar-refractivity contribution in [2.24, 2.45) is 0 Å². The monoisotopic (exact) mass is 351 g/mol. The van der Waals surface area contributed by atoms with Crippen LogP contribution in [-0.4, -0.2) is 24.5 Å². The van der Waals surface area contributed by atoms with E-state index < -0.39 is 0 Å². The number of halogens is 1. The fraction of sp³-hybridized carbons (Fsp3) is 0.417. The minimum atomic E-state index is -0.161. The van der Waals surface area contributed by atoms with Crippen LogP contribution in [0.2, 0.25) is 0 Å². The maximum Gasteiger partial charge on any atom is 0.123 e. The Morgan fingerprint density at radius 1 is 0.923 bits per heavy atom. The molecule has 0 saturated carbocycles. The molecular weight excluding hydrogens is 321 g/mol. The van der Waals surface area contributed by atoms with E-state index in [1.54, 1.807) is 12.1 Å². The number of benzene rings is 2. The average molecular weight is 352 g/mol. The largest absolute Gasteiger partial charge is 0.303 e. The average Bonchev–Trinajstić information content (AvgIpc) is 2.69. The normalized spacial score (nSPS) is 16.0. The third kappa shape index (κ3) is 6.10. The van der Waals surface area contributed by atoms with E-state index >= 15 is 0 Å². The van der Waals surface area contributed by atoms with Crippen molar-refractivity contribution in [1.82, 2.24) is 4.90 Å². The maximum atomic E-state index is 13.3. The molecule has 138 valence electrons. The van der Waals surface area contributed by atoms with Crippen LogP contribution in [-0.2, 0) is 6.42 Å². The highest BCUT2D eigenvalue weighted by Crippen LogP contribution is 2.23. The van der Waals surface area contributed by atoms with Gasteiger partial charge in [-0.15, -0.1) is 0 Å². The van der Waals surface area contributed by atoms with Gasteiger partial charge in [-0.2, -0.15) is 0 Å². The van der Waals surface area contributed by atoms with Crippen LogP contribution in [0, 0.1) is 5.82 Å². The standard InChI is InChI=1S/C24H30FN/c25-24-16-14-23(15-17-24)22(12-7-11-21-9-3-1-4-10-21)13-8-20-26-18-5-2-6-19-26/h1,3-4,9-10,13-17H,2,5-8,11-12,18-20H2. The fourth-order valence-corrected chi connectivity index (χ4v) is 3.76. The molecule has 2 aromatic rings. The highest BCUT2D eigenvalue weighted by Gasteiger charge is 2.09. The van der Waals surface area contributed by atoms with Crippen molar-refractivity contribution < 1.29 is 4.39 Å². The highest BCUT2D eigenvalue weighted by molar-refractivity contribution is 5.65. The van der Waals surface area contributed by atoms with Gasteiger partial charge < -0.3 is 4.90 Å². The molecule has 0 radical (unpaired) electrons. The van der Waals surface area contributed by atoms with Crippen molar-refractivity contribution in [1.29, 1.82) is 0 Å². The van der Waals surface area contributed by atoms with E-state index in [0.717, 1.165) is 37.8 Å². The summed E-state index contributed by atoms with van der Waals surface area (Å²) in [6, 6.07) is 17.6. The minimum Gasteiger partial charge on any atom is -0.303 e. The predicted molar refractivity (Wildman–Crippen MR) is 109 cm³/mol. The van der Waals surface area contributed by atoms with Crippen LogP contribution < -0.4 is 0 Å². The Morgan fingerprint density at radius 3 is 2.38 bits per heavy atom. The number of likely N-dealkylation sites (tertiary alicyclic amines) is 1. The first-order valence-corrected chi connectivity index (χ1v) is 10.0. The van der Waals surface area contributed by atoms with Crippen molar-refractivity contribution in [3.05, 3.63) is 77.6 Å². The SMILES string of the molecule is Fc1ccc(C(=CCCN2CCCCC2)CCCc2ccccc2)cc1. The molecule has 3 rings (SSSR count). The number of hydrogen-bond acceptors (Lipinski definition) is 1. The molecule has 0 unspecified atom stereocenters. The molecule has 1 saturated heterocycles. The second-order valence-electron chi connectivity index (χ2n) is 7.27. The van der Waals surface area contributed by atoms with Crippen LogP contribution in [0.1, 0.15) is 49.7 Å². The molecule has 2 aromatic carbocycles. The Bertz CT molecular complexity index is 669. The Hall–Kier alpha value is -1.93. The molecule has 0 amide bonds. The van der Waals surface area contributed by atoms with Gasteiger partial charge in [0, 0.05) is 6.54 Å². The summed E-state index contributed by atoms with van der Waals surface area (Å²) in [5.74, 6) is -0.161. The molecule has 0 aliphatic carbocycles. The minimum absolute atomic E-state index is 0.161. The molecule has 0 spiro atoms. The van der Waals surface area contributed by atoms with Crippen LogP contribution in [0.4, 0.5) is 4.39 Å². The smallest absolute Gasteiger partial charge is 0.123 e. The van der Waals surface area contributed by atoms with Crippen molar-refractivity contribution in [2.45, 2.75) is 44.9 Å². The summed E-state index contributed by atoms with van der Waals surface area (Å²) in [6.45, 7) is 3.63. The van der Waals surface area contributed by atoms with Crippen LogP contribution in [0.3, 0.4) is 0 Å². The van der Waals surface area contributed by atoms with E-state index in [4.69, 9.17) is 0 Å². The Morgan fingerprint density at radius 2 is 1.65 bits per heavy atom. The lowest BCUT2D eigenvalue weighted by Gasteiger charge is -2.25. The zero-order valence-electron chi connectivity index (χ0n) is 15.7. The lowest BCUT2D eigenvalue weighted by molar-refractivity contribution is 0.233. The number of aryl methyl sites for hydroxylation is 1. The summed E-state index contributed by atoms with van der Waals surface area (Å²) >= 11 is 0. The Balaban J connectivity index is 1.59. The molecule has 1 nitrogen and oxygen atoms in total. The van der Waals surface area contributed by atoms with Gasteiger partial charge in [-0.05, 0) is 80.4 Å². The van der Waals surface area contributed by atoms with Gasteiger partial charge in [-0.1, -0.05) is 55.0 Å². The first kappa shape index (κ1) is 18.8. The van der Waals surface area contributed by atoms with Crippen LogP contribution in [0.5, 0.6) is 0 Å². The van der Waals surface area contributed by atoms with Gasteiger partial charge in [0.05, 0.1) is 0 Å². The molecular formula is C24H30FN. The van der Waals surface area contributed by atoms with Crippen molar-refractivity contribution in [2.75, 3.05) is 19.6 Å². The van der Waals surface area contributed by atoms with Crippen molar-refractivity contribution in [3.8, 4) is 0 Å².